The Kier molecular flexibility index (Phi) is 52.4. The minimum Gasteiger partial charge on any atom is -0.479 e. The second kappa shape index (κ2) is 57.3. The predicted molar refractivity (Wildman–Crippen MR) is 340 cm³/mol. The standard InChI is InChI=1S/C71H112O12/c1-4-7-10-13-16-19-22-25-28-30-32-34-37-39-42-45-48-51-54-57-63(72)79-60-62(81-64(73)58-55-52-49-46-43-41-38-35-33-31-29-26-23-20-17-14-11-8-5-2)61-80-71-69(67(76)66(75)68(83-71)70(77)78)82-65(74)59-56-53-50-47-44-40-36-27-24-21-18-15-12-9-6-3/h7,9-10,12,16,18-19,21,25,27-28,32,34,36,39,42,44,47-48,51,53,56,62,66-69,71,75-76H,4-6,8,11,13-15,17,20,22-24,26,29-31,33,35,37-38,40-41,43,45-46,49-50,52,54-55,57-61H2,1-3H3,(H,77,78)/b10-7-,12-9-,19-16-,21-18-,28-25-,34-32-,36-27-,42-39-,47-44-,51-48-,56-53-. The Morgan fingerprint density at radius 1 is 0.422 bits per heavy atom. The molecular weight excluding hydrogens is 1040 g/mol. The van der Waals surface area contributed by atoms with Gasteiger partial charge in [0.25, 0.3) is 0 Å². The highest BCUT2D eigenvalue weighted by molar-refractivity contribution is 5.74. The number of carboxylic acids is 1. The molecule has 1 aliphatic heterocycles. The van der Waals surface area contributed by atoms with E-state index >= 15 is 0 Å². The smallest absolute Gasteiger partial charge is 0.335 e. The van der Waals surface area contributed by atoms with Crippen LogP contribution in [0.25, 0.3) is 0 Å². The molecule has 468 valence electrons. The zero-order valence-electron chi connectivity index (χ0n) is 51.6. The molecule has 0 saturated carbocycles. The first kappa shape index (κ1) is 75.9. The maximum Gasteiger partial charge on any atom is 0.335 e. The summed E-state index contributed by atoms with van der Waals surface area (Å²) in [6.45, 7) is 5.67. The van der Waals surface area contributed by atoms with E-state index in [4.69, 9.17) is 23.7 Å². The normalized spacial score (nSPS) is 18.5. The molecule has 1 fully saturated rings. The molecule has 0 aliphatic carbocycles. The number of hydrogen-bond donors (Lipinski definition) is 3. The Morgan fingerprint density at radius 2 is 0.795 bits per heavy atom. The molecule has 1 aliphatic rings. The van der Waals surface area contributed by atoms with Crippen LogP contribution < -0.4 is 0 Å². The van der Waals surface area contributed by atoms with E-state index in [1.165, 1.54) is 96.3 Å². The predicted octanol–water partition coefficient (Wildman–Crippen LogP) is 17.3. The van der Waals surface area contributed by atoms with Crippen LogP contribution in [0, 0.1) is 0 Å². The van der Waals surface area contributed by atoms with Gasteiger partial charge in [0.2, 0.25) is 0 Å². The fourth-order valence-corrected chi connectivity index (χ4v) is 8.94. The third kappa shape index (κ3) is 46.9. The van der Waals surface area contributed by atoms with Gasteiger partial charge in [-0.3, -0.25) is 14.4 Å². The largest absolute Gasteiger partial charge is 0.479 e. The maximum absolute atomic E-state index is 13.2. The van der Waals surface area contributed by atoms with E-state index in [9.17, 15) is 34.5 Å². The number of rotatable bonds is 53. The average molecular weight is 1160 g/mol. The lowest BCUT2D eigenvalue weighted by Crippen LogP contribution is -2.61. The highest BCUT2D eigenvalue weighted by Gasteiger charge is 2.50. The number of aliphatic hydroxyl groups excluding tert-OH is 2. The van der Waals surface area contributed by atoms with E-state index in [1.807, 2.05) is 24.3 Å². The lowest BCUT2D eigenvalue weighted by atomic mass is 9.98. The zero-order valence-corrected chi connectivity index (χ0v) is 51.6. The Morgan fingerprint density at radius 3 is 1.19 bits per heavy atom. The molecule has 0 aromatic rings. The van der Waals surface area contributed by atoms with E-state index in [0.29, 0.717) is 19.3 Å². The molecule has 12 nitrogen and oxygen atoms in total. The number of carbonyl (C=O) groups is 4. The van der Waals surface area contributed by atoms with E-state index < -0.39 is 67.3 Å². The second-order valence-corrected chi connectivity index (χ2v) is 21.3. The van der Waals surface area contributed by atoms with Crippen LogP contribution in [0.1, 0.15) is 239 Å². The Labute approximate surface area is 502 Å². The molecule has 6 atom stereocenters. The van der Waals surface area contributed by atoms with Crippen molar-refractivity contribution in [3.05, 3.63) is 134 Å². The molecule has 3 N–H and O–H groups in total. The molecule has 6 unspecified atom stereocenters. The van der Waals surface area contributed by atoms with E-state index in [0.717, 1.165) is 83.5 Å². The fourth-order valence-electron chi connectivity index (χ4n) is 8.94. The van der Waals surface area contributed by atoms with Crippen LogP contribution >= 0.6 is 0 Å². The summed E-state index contributed by atoms with van der Waals surface area (Å²) < 4.78 is 28.3. The minimum absolute atomic E-state index is 0.0784. The first-order valence-electron chi connectivity index (χ1n) is 32.2. The summed E-state index contributed by atoms with van der Waals surface area (Å²) in [5.74, 6) is -3.40. The Bertz CT molecular complexity index is 1950. The van der Waals surface area contributed by atoms with Gasteiger partial charge >= 0.3 is 23.9 Å². The molecular formula is C71H112O12. The van der Waals surface area contributed by atoms with Crippen LogP contribution in [-0.2, 0) is 42.9 Å². The van der Waals surface area contributed by atoms with E-state index in [1.54, 1.807) is 12.2 Å². The molecule has 12 heteroatoms. The number of aliphatic carboxylic acids is 1. The maximum atomic E-state index is 13.2. The first-order chi connectivity index (χ1) is 40.6. The van der Waals surface area contributed by atoms with Gasteiger partial charge in [-0.15, -0.1) is 0 Å². The summed E-state index contributed by atoms with van der Waals surface area (Å²) in [7, 11) is 0. The monoisotopic (exact) mass is 1160 g/mol. The SMILES string of the molecule is CC/C=C\C/C=C\C/C=C\C/C=C\C/C=C\C/C=C\CCC(=O)OCC(COC1OC(C(=O)O)C(O)C(O)C1OC(=O)C/C=C\C/C=C\C/C=C\C/C=C\C/C=C\CC)OC(=O)CCCCCCCCCCCCCCCCCCCCC. The first-order valence-corrected chi connectivity index (χ1v) is 32.2. The van der Waals surface area contributed by atoms with Gasteiger partial charge in [-0.25, -0.2) is 4.79 Å². The molecule has 0 radical (unpaired) electrons. The highest BCUT2D eigenvalue weighted by Crippen LogP contribution is 2.26. The zero-order chi connectivity index (χ0) is 60.3. The number of carbonyl (C=O) groups excluding carboxylic acids is 3. The van der Waals surface area contributed by atoms with Gasteiger partial charge in [0.05, 0.1) is 13.0 Å². The van der Waals surface area contributed by atoms with Gasteiger partial charge in [-0.2, -0.15) is 0 Å². The molecule has 1 rings (SSSR count). The lowest BCUT2D eigenvalue weighted by Gasteiger charge is -2.40. The number of allylic oxidation sites excluding steroid dienone is 21. The number of ether oxygens (including phenoxy) is 5. The number of esters is 3. The molecule has 1 saturated heterocycles. The summed E-state index contributed by atoms with van der Waals surface area (Å²) in [5.41, 5.74) is 0. The number of unbranched alkanes of at least 4 members (excludes halogenated alkanes) is 18. The van der Waals surface area contributed by atoms with Crippen molar-refractivity contribution in [1.29, 1.82) is 0 Å². The molecule has 0 aromatic heterocycles. The Balaban J connectivity index is 2.75. The summed E-state index contributed by atoms with van der Waals surface area (Å²) in [4.78, 5) is 51.2. The van der Waals surface area contributed by atoms with Crippen LogP contribution in [-0.4, -0.2) is 89.2 Å². The lowest BCUT2D eigenvalue weighted by molar-refractivity contribution is -0.301. The fraction of sp³-hybridized carbons (Fsp3) is 0.634. The van der Waals surface area contributed by atoms with Crippen molar-refractivity contribution < 1.29 is 58.2 Å². The van der Waals surface area contributed by atoms with Crippen molar-refractivity contribution in [2.45, 2.75) is 276 Å². The molecule has 0 bridgehead atoms. The molecule has 0 amide bonds. The van der Waals surface area contributed by atoms with Gasteiger partial charge in [0, 0.05) is 12.8 Å². The molecule has 0 spiro atoms. The van der Waals surface area contributed by atoms with Crippen molar-refractivity contribution in [2.75, 3.05) is 13.2 Å². The van der Waals surface area contributed by atoms with Gasteiger partial charge in [-0.05, 0) is 83.5 Å². The van der Waals surface area contributed by atoms with Gasteiger partial charge in [-0.1, -0.05) is 270 Å². The van der Waals surface area contributed by atoms with Crippen LogP contribution in [0.4, 0.5) is 0 Å². The minimum atomic E-state index is -1.95. The Hall–Kier alpha value is -5.14. The van der Waals surface area contributed by atoms with Crippen molar-refractivity contribution in [3.8, 4) is 0 Å². The van der Waals surface area contributed by atoms with Crippen molar-refractivity contribution in [3.63, 3.8) is 0 Å². The summed E-state index contributed by atoms with van der Waals surface area (Å²) >= 11 is 0. The van der Waals surface area contributed by atoms with Crippen LogP contribution in [0.5, 0.6) is 0 Å². The van der Waals surface area contributed by atoms with Gasteiger partial charge in [0.15, 0.2) is 24.6 Å². The van der Waals surface area contributed by atoms with Gasteiger partial charge in [0.1, 0.15) is 18.8 Å². The third-order valence-electron chi connectivity index (χ3n) is 13.8. The van der Waals surface area contributed by atoms with Crippen molar-refractivity contribution in [2.24, 2.45) is 0 Å². The van der Waals surface area contributed by atoms with Crippen molar-refractivity contribution >= 4 is 23.9 Å². The van der Waals surface area contributed by atoms with Crippen LogP contribution in [0.3, 0.4) is 0 Å². The quantitative estimate of drug-likeness (QED) is 0.0228. The average Bonchev–Trinajstić information content (AvgIpc) is 3.58. The molecule has 0 aromatic carbocycles. The molecule has 83 heavy (non-hydrogen) atoms. The summed E-state index contributed by atoms with van der Waals surface area (Å²) in [5, 5.41) is 31.5. The van der Waals surface area contributed by atoms with Crippen molar-refractivity contribution in [1.82, 2.24) is 0 Å². The van der Waals surface area contributed by atoms with Crippen LogP contribution in [0.15, 0.2) is 134 Å². The number of carboxylic acid groups (broad SMARTS) is 1. The van der Waals surface area contributed by atoms with Gasteiger partial charge < -0.3 is 39.0 Å². The third-order valence-corrected chi connectivity index (χ3v) is 13.8. The summed E-state index contributed by atoms with van der Waals surface area (Å²) in [6.07, 6.45) is 68.9. The van der Waals surface area contributed by atoms with E-state index in [2.05, 4.69) is 118 Å². The molecule has 1 heterocycles. The summed E-state index contributed by atoms with van der Waals surface area (Å²) in [6, 6.07) is 0. The van der Waals surface area contributed by atoms with E-state index in [-0.39, 0.29) is 25.9 Å². The topological polar surface area (TPSA) is 175 Å². The number of hydrogen-bond acceptors (Lipinski definition) is 11. The second-order valence-electron chi connectivity index (χ2n) is 21.3. The van der Waals surface area contributed by atoms with Crippen LogP contribution in [0.2, 0.25) is 0 Å². The highest BCUT2D eigenvalue weighted by atomic mass is 16.7. The number of aliphatic hydroxyl groups is 2.